The summed E-state index contributed by atoms with van der Waals surface area (Å²) in [6, 6.07) is 6.27. The van der Waals surface area contributed by atoms with E-state index < -0.39 is 17.6 Å². The van der Waals surface area contributed by atoms with Crippen LogP contribution in [0.4, 0.5) is 13.2 Å². The second-order valence-corrected chi connectivity index (χ2v) is 6.27. The molecule has 1 aromatic heterocycles. The van der Waals surface area contributed by atoms with Crippen molar-refractivity contribution < 1.29 is 22.4 Å². The summed E-state index contributed by atoms with van der Waals surface area (Å²) in [6.07, 6.45) is -3.34. The van der Waals surface area contributed by atoms with Gasteiger partial charge in [0.1, 0.15) is 5.76 Å². The molecule has 4 nitrogen and oxygen atoms in total. The molecule has 1 aromatic carbocycles. The summed E-state index contributed by atoms with van der Waals surface area (Å²) in [5, 5.41) is 3.70. The summed E-state index contributed by atoms with van der Waals surface area (Å²) in [6.45, 7) is 0. The molecule has 0 atom stereocenters. The van der Waals surface area contributed by atoms with Crippen LogP contribution >= 0.6 is 38.5 Å². The first-order chi connectivity index (χ1) is 10.8. The van der Waals surface area contributed by atoms with Crippen LogP contribution in [-0.2, 0) is 17.4 Å². The van der Waals surface area contributed by atoms with E-state index in [0.717, 1.165) is 16.6 Å². The number of benzene rings is 1. The van der Waals surface area contributed by atoms with Gasteiger partial charge in [-0.05, 0) is 27.6 Å². The molecule has 0 aliphatic heterocycles. The molecule has 1 N–H and O–H groups in total. The summed E-state index contributed by atoms with van der Waals surface area (Å²) in [4.78, 5) is 11.7. The SMILES string of the molecule is O=C(Cc1cccc(C(F)(F)F)c1)N/N=C/c1cc(Br)c(I)o1. The topological polar surface area (TPSA) is 54.6 Å². The van der Waals surface area contributed by atoms with E-state index in [0.29, 0.717) is 9.53 Å². The van der Waals surface area contributed by atoms with Gasteiger partial charge in [-0.15, -0.1) is 0 Å². The van der Waals surface area contributed by atoms with Crippen molar-refractivity contribution in [1.29, 1.82) is 0 Å². The van der Waals surface area contributed by atoms with Crippen LogP contribution in [0.1, 0.15) is 16.9 Å². The van der Waals surface area contributed by atoms with Crippen molar-refractivity contribution in [2.75, 3.05) is 0 Å². The molecule has 0 unspecified atom stereocenters. The van der Waals surface area contributed by atoms with Crippen LogP contribution in [0.3, 0.4) is 0 Å². The zero-order valence-electron chi connectivity index (χ0n) is 11.3. The molecule has 0 saturated carbocycles. The predicted molar refractivity (Wildman–Crippen MR) is 90.0 cm³/mol. The van der Waals surface area contributed by atoms with Gasteiger partial charge in [-0.25, -0.2) is 5.43 Å². The van der Waals surface area contributed by atoms with Crippen LogP contribution in [0.15, 0.2) is 44.3 Å². The minimum atomic E-state index is -4.44. The number of furan rings is 1. The van der Waals surface area contributed by atoms with Crippen molar-refractivity contribution in [2.24, 2.45) is 5.10 Å². The number of nitrogens with one attached hydrogen (secondary N) is 1. The highest BCUT2D eigenvalue weighted by molar-refractivity contribution is 14.1. The van der Waals surface area contributed by atoms with Crippen LogP contribution in [0, 0.1) is 3.77 Å². The number of amides is 1. The number of hydrogen-bond donors (Lipinski definition) is 1. The molecule has 1 amide bonds. The molecule has 23 heavy (non-hydrogen) atoms. The fourth-order valence-electron chi connectivity index (χ4n) is 1.68. The van der Waals surface area contributed by atoms with Crippen LogP contribution < -0.4 is 5.43 Å². The number of halogens is 5. The monoisotopic (exact) mass is 500 g/mol. The molecule has 1 heterocycles. The van der Waals surface area contributed by atoms with E-state index in [-0.39, 0.29) is 12.0 Å². The van der Waals surface area contributed by atoms with Gasteiger partial charge in [0.25, 0.3) is 0 Å². The zero-order chi connectivity index (χ0) is 17.0. The number of nitrogens with zero attached hydrogens (tertiary/aromatic N) is 1. The predicted octanol–water partition coefficient (Wildman–Crippen LogP) is 4.36. The summed E-state index contributed by atoms with van der Waals surface area (Å²) < 4.78 is 44.5. The summed E-state index contributed by atoms with van der Waals surface area (Å²) in [5.74, 6) is -0.0958. The van der Waals surface area contributed by atoms with Gasteiger partial charge in [-0.1, -0.05) is 18.2 Å². The Morgan fingerprint density at radius 1 is 1.39 bits per heavy atom. The first-order valence-electron chi connectivity index (χ1n) is 6.18. The maximum Gasteiger partial charge on any atom is 0.416 e. The molecule has 122 valence electrons. The number of hydrogen-bond acceptors (Lipinski definition) is 3. The van der Waals surface area contributed by atoms with Gasteiger partial charge in [0.2, 0.25) is 5.91 Å². The third kappa shape index (κ3) is 5.34. The maximum absolute atomic E-state index is 12.6. The first kappa shape index (κ1) is 18.0. The van der Waals surface area contributed by atoms with E-state index in [2.05, 4.69) is 26.5 Å². The Labute approximate surface area is 151 Å². The van der Waals surface area contributed by atoms with Gasteiger partial charge in [0, 0.05) is 28.7 Å². The molecule has 0 bridgehead atoms. The van der Waals surface area contributed by atoms with Crippen molar-refractivity contribution >= 4 is 50.6 Å². The molecule has 2 aromatic rings. The van der Waals surface area contributed by atoms with Crippen molar-refractivity contribution in [3.05, 3.63) is 55.5 Å². The van der Waals surface area contributed by atoms with E-state index >= 15 is 0 Å². The Morgan fingerprint density at radius 2 is 2.13 bits per heavy atom. The fourth-order valence-corrected chi connectivity index (χ4v) is 2.39. The average molecular weight is 501 g/mol. The number of carbonyl (C=O) groups is 1. The molecule has 0 fully saturated rings. The molecular weight excluding hydrogens is 492 g/mol. The first-order valence-corrected chi connectivity index (χ1v) is 8.06. The lowest BCUT2D eigenvalue weighted by molar-refractivity contribution is -0.137. The van der Waals surface area contributed by atoms with Gasteiger partial charge in [0.05, 0.1) is 22.7 Å². The number of rotatable bonds is 4. The lowest BCUT2D eigenvalue weighted by atomic mass is 10.1. The standard InChI is InChI=1S/C14H9BrF3IN2O2/c15-11-6-10(23-13(11)19)7-20-21-12(22)5-8-2-1-3-9(4-8)14(16,17)18/h1-4,6-7H,5H2,(H,21,22)/b20-7+. The van der Waals surface area contributed by atoms with Gasteiger partial charge < -0.3 is 4.42 Å². The highest BCUT2D eigenvalue weighted by Gasteiger charge is 2.30. The third-order valence-electron chi connectivity index (χ3n) is 2.66. The smallest absolute Gasteiger partial charge is 0.416 e. The highest BCUT2D eigenvalue weighted by atomic mass is 127. The Balaban J connectivity index is 1.95. The molecule has 0 aliphatic rings. The number of carbonyl (C=O) groups excluding carboxylic acids is 1. The van der Waals surface area contributed by atoms with Crippen LogP contribution in [-0.4, -0.2) is 12.1 Å². The Hall–Kier alpha value is -1.36. The summed E-state index contributed by atoms with van der Waals surface area (Å²) >= 11 is 5.24. The van der Waals surface area contributed by atoms with E-state index in [1.165, 1.54) is 18.3 Å². The van der Waals surface area contributed by atoms with Gasteiger partial charge in [0.15, 0.2) is 3.77 Å². The summed E-state index contributed by atoms with van der Waals surface area (Å²) in [7, 11) is 0. The van der Waals surface area contributed by atoms with Crippen molar-refractivity contribution in [3.8, 4) is 0 Å². The summed E-state index contributed by atoms with van der Waals surface area (Å²) in [5.41, 5.74) is 1.70. The van der Waals surface area contributed by atoms with E-state index in [1.54, 1.807) is 6.07 Å². The van der Waals surface area contributed by atoms with Gasteiger partial charge >= 0.3 is 6.18 Å². The van der Waals surface area contributed by atoms with Crippen LogP contribution in [0.2, 0.25) is 0 Å². The van der Waals surface area contributed by atoms with Crippen LogP contribution in [0.25, 0.3) is 0 Å². The minimum Gasteiger partial charge on any atom is -0.448 e. The molecule has 0 spiro atoms. The van der Waals surface area contributed by atoms with Gasteiger partial charge in [-0.2, -0.15) is 18.3 Å². The molecule has 9 heteroatoms. The van der Waals surface area contributed by atoms with Crippen molar-refractivity contribution in [3.63, 3.8) is 0 Å². The zero-order valence-corrected chi connectivity index (χ0v) is 15.1. The quantitative estimate of drug-likeness (QED) is 0.385. The Bertz CT molecular complexity index is 724. The largest absolute Gasteiger partial charge is 0.448 e. The number of alkyl halides is 3. The van der Waals surface area contributed by atoms with Crippen molar-refractivity contribution in [2.45, 2.75) is 12.6 Å². The Morgan fingerprint density at radius 3 is 2.74 bits per heavy atom. The Kier molecular flexibility index (Phi) is 5.84. The molecule has 0 saturated heterocycles. The second-order valence-electron chi connectivity index (χ2n) is 4.44. The molecule has 0 radical (unpaired) electrons. The minimum absolute atomic E-state index is 0.208. The van der Waals surface area contributed by atoms with Crippen LogP contribution in [0.5, 0.6) is 0 Å². The van der Waals surface area contributed by atoms with E-state index in [9.17, 15) is 18.0 Å². The second kappa shape index (κ2) is 7.47. The molecular formula is C14H9BrF3IN2O2. The van der Waals surface area contributed by atoms with E-state index in [1.807, 2.05) is 22.6 Å². The number of hydrazone groups is 1. The lowest BCUT2D eigenvalue weighted by Gasteiger charge is -2.08. The maximum atomic E-state index is 12.6. The fraction of sp³-hybridized carbons (Fsp3) is 0.143. The lowest BCUT2D eigenvalue weighted by Crippen LogP contribution is -2.20. The average Bonchev–Trinajstić information content (AvgIpc) is 2.77. The molecule has 2 rings (SSSR count). The van der Waals surface area contributed by atoms with Crippen molar-refractivity contribution in [1.82, 2.24) is 5.43 Å². The van der Waals surface area contributed by atoms with Gasteiger partial charge in [-0.3, -0.25) is 4.79 Å². The normalized spacial score (nSPS) is 11.9. The third-order valence-corrected chi connectivity index (χ3v) is 4.80. The van der Waals surface area contributed by atoms with E-state index in [4.69, 9.17) is 4.42 Å². The highest BCUT2D eigenvalue weighted by Crippen LogP contribution is 2.29. The molecule has 0 aliphatic carbocycles.